The monoisotopic (exact) mass is 445 g/mol. The maximum Gasteiger partial charge on any atom is 0.259 e. The minimum absolute atomic E-state index is 0.109. The van der Waals surface area contributed by atoms with Gasteiger partial charge in [-0.3, -0.25) is 4.79 Å². The Bertz CT molecular complexity index is 1150. The molecule has 1 aliphatic heterocycles. The number of fused-ring (bicyclic) bond motifs is 1. The molecule has 0 unspecified atom stereocenters. The normalized spacial score (nSPS) is 18.9. The van der Waals surface area contributed by atoms with Crippen LogP contribution in [0.15, 0.2) is 66.7 Å². The van der Waals surface area contributed by atoms with Crippen LogP contribution in [0.3, 0.4) is 0 Å². The molecule has 1 aliphatic rings. The fourth-order valence-electron chi connectivity index (χ4n) is 5.28. The van der Waals surface area contributed by atoms with E-state index in [-0.39, 0.29) is 11.3 Å². The zero-order valence-corrected chi connectivity index (χ0v) is 20.1. The molecule has 1 heterocycles. The predicted molar refractivity (Wildman–Crippen MR) is 131 cm³/mol. The van der Waals surface area contributed by atoms with E-state index >= 15 is 0 Å². The number of amides is 1. The largest absolute Gasteiger partial charge is 0.493 e. The molecule has 172 valence electrons. The Morgan fingerprint density at radius 3 is 1.97 bits per heavy atom. The molecule has 5 nitrogen and oxygen atoms in total. The van der Waals surface area contributed by atoms with Crippen LogP contribution in [-0.4, -0.2) is 32.8 Å². The number of ether oxygens (including phenoxy) is 3. The average Bonchev–Trinajstić information content (AvgIpc) is 2.82. The van der Waals surface area contributed by atoms with E-state index in [9.17, 15) is 4.79 Å². The van der Waals surface area contributed by atoms with Gasteiger partial charge in [0.25, 0.3) is 5.91 Å². The van der Waals surface area contributed by atoms with E-state index in [0.717, 1.165) is 17.7 Å². The van der Waals surface area contributed by atoms with Gasteiger partial charge in [-0.1, -0.05) is 55.5 Å². The molecule has 0 aromatic heterocycles. The van der Waals surface area contributed by atoms with Gasteiger partial charge in [-0.25, -0.2) is 0 Å². The minimum atomic E-state index is -0.448. The summed E-state index contributed by atoms with van der Waals surface area (Å²) in [5.41, 5.74) is 3.10. The Morgan fingerprint density at radius 1 is 0.818 bits per heavy atom. The number of para-hydroxylation sites is 1. The van der Waals surface area contributed by atoms with Crippen LogP contribution in [0.1, 0.15) is 48.7 Å². The topological polar surface area (TPSA) is 48.0 Å². The lowest BCUT2D eigenvalue weighted by molar-refractivity contribution is 0.0948. The Labute approximate surface area is 195 Å². The number of carbonyl (C=O) groups excluding carboxylic acids is 1. The van der Waals surface area contributed by atoms with E-state index in [0.29, 0.717) is 22.8 Å². The summed E-state index contributed by atoms with van der Waals surface area (Å²) in [6.45, 7) is 6.52. The summed E-state index contributed by atoms with van der Waals surface area (Å²) in [5, 5.41) is 0. The van der Waals surface area contributed by atoms with Crippen molar-refractivity contribution in [1.29, 1.82) is 0 Å². The van der Waals surface area contributed by atoms with Crippen molar-refractivity contribution in [3.63, 3.8) is 0 Å². The second kappa shape index (κ2) is 8.47. The Morgan fingerprint density at radius 2 is 1.39 bits per heavy atom. The number of rotatable bonds is 5. The van der Waals surface area contributed by atoms with Crippen LogP contribution in [-0.2, 0) is 5.41 Å². The number of hydrogen-bond acceptors (Lipinski definition) is 4. The van der Waals surface area contributed by atoms with Gasteiger partial charge < -0.3 is 19.1 Å². The van der Waals surface area contributed by atoms with Crippen molar-refractivity contribution < 1.29 is 19.0 Å². The first-order valence-corrected chi connectivity index (χ1v) is 11.1. The van der Waals surface area contributed by atoms with Gasteiger partial charge in [0.1, 0.15) is 0 Å². The first kappa shape index (κ1) is 22.7. The predicted octanol–water partition coefficient (Wildman–Crippen LogP) is 5.85. The van der Waals surface area contributed by atoms with Crippen LogP contribution < -0.4 is 19.1 Å². The maximum atomic E-state index is 14.0. The average molecular weight is 446 g/mol. The fourth-order valence-corrected chi connectivity index (χ4v) is 5.28. The summed E-state index contributed by atoms with van der Waals surface area (Å²) in [6, 6.07) is 22.1. The molecule has 33 heavy (non-hydrogen) atoms. The second-order valence-corrected chi connectivity index (χ2v) is 9.26. The van der Waals surface area contributed by atoms with E-state index < -0.39 is 5.54 Å². The maximum absolute atomic E-state index is 14.0. The third-order valence-electron chi connectivity index (χ3n) is 6.66. The van der Waals surface area contributed by atoms with Gasteiger partial charge >= 0.3 is 0 Å². The Balaban J connectivity index is 1.88. The lowest BCUT2D eigenvalue weighted by atomic mass is 9.65. The molecular formula is C28H31NO4. The highest BCUT2D eigenvalue weighted by Gasteiger charge is 2.47. The molecule has 0 N–H and O–H groups in total. The fraction of sp³-hybridized carbons (Fsp3) is 0.321. The lowest BCUT2D eigenvalue weighted by Crippen LogP contribution is -2.55. The molecule has 4 rings (SSSR count). The number of hydrogen-bond donors (Lipinski definition) is 0. The van der Waals surface area contributed by atoms with Crippen LogP contribution in [0, 0.1) is 0 Å². The van der Waals surface area contributed by atoms with Gasteiger partial charge in [0, 0.05) is 22.2 Å². The molecule has 1 atom stereocenters. The van der Waals surface area contributed by atoms with E-state index in [2.05, 4.69) is 51.1 Å². The molecule has 0 spiro atoms. The molecule has 1 amide bonds. The zero-order valence-electron chi connectivity index (χ0n) is 20.1. The quantitative estimate of drug-likeness (QED) is 0.494. The molecule has 3 aromatic rings. The zero-order chi connectivity index (χ0) is 23.8. The van der Waals surface area contributed by atoms with E-state index in [1.165, 1.54) is 5.56 Å². The van der Waals surface area contributed by atoms with E-state index in [4.69, 9.17) is 14.2 Å². The summed E-state index contributed by atoms with van der Waals surface area (Å²) in [6.07, 6.45) is 0.775. The van der Waals surface area contributed by atoms with Gasteiger partial charge in [-0.15, -0.1) is 0 Å². The van der Waals surface area contributed by atoms with Crippen LogP contribution >= 0.6 is 0 Å². The highest BCUT2D eigenvalue weighted by Crippen LogP contribution is 2.51. The first-order chi connectivity index (χ1) is 15.8. The van der Waals surface area contributed by atoms with Crippen molar-refractivity contribution in [2.24, 2.45) is 0 Å². The van der Waals surface area contributed by atoms with Gasteiger partial charge in [-0.2, -0.15) is 0 Å². The van der Waals surface area contributed by atoms with Crippen LogP contribution in [0.4, 0.5) is 5.69 Å². The van der Waals surface area contributed by atoms with Crippen LogP contribution in [0.25, 0.3) is 0 Å². The number of carbonyl (C=O) groups is 1. The molecule has 0 saturated heterocycles. The van der Waals surface area contributed by atoms with Gasteiger partial charge in [0.2, 0.25) is 5.75 Å². The summed E-state index contributed by atoms with van der Waals surface area (Å²) in [4.78, 5) is 15.9. The molecule has 0 saturated carbocycles. The smallest absolute Gasteiger partial charge is 0.259 e. The number of benzene rings is 3. The summed E-state index contributed by atoms with van der Waals surface area (Å²) < 4.78 is 16.4. The first-order valence-electron chi connectivity index (χ1n) is 11.1. The van der Waals surface area contributed by atoms with Crippen molar-refractivity contribution in [3.8, 4) is 17.2 Å². The van der Waals surface area contributed by atoms with Crippen molar-refractivity contribution in [2.45, 2.75) is 38.1 Å². The molecule has 0 radical (unpaired) electrons. The van der Waals surface area contributed by atoms with Crippen molar-refractivity contribution in [3.05, 3.63) is 83.4 Å². The molecule has 5 heteroatoms. The molecule has 3 aromatic carbocycles. The lowest BCUT2D eigenvalue weighted by Gasteiger charge is -2.51. The van der Waals surface area contributed by atoms with E-state index in [1.807, 2.05) is 29.2 Å². The van der Waals surface area contributed by atoms with Crippen molar-refractivity contribution in [1.82, 2.24) is 0 Å². The van der Waals surface area contributed by atoms with Gasteiger partial charge in [-0.05, 0) is 49.6 Å². The van der Waals surface area contributed by atoms with E-state index in [1.54, 1.807) is 33.5 Å². The van der Waals surface area contributed by atoms with Gasteiger partial charge in [0.15, 0.2) is 11.5 Å². The standard InChI is InChI=1S/C28H31NO4/c1-27(2)18-28(3,20-12-8-7-9-13-20)21-14-10-11-15-22(21)29(27)26(30)19-16-23(31-4)25(33-6)24(17-19)32-5/h7-17H,18H2,1-6H3/t28-/m1/s1. The molecule has 0 fully saturated rings. The number of anilines is 1. The Hall–Kier alpha value is -3.47. The minimum Gasteiger partial charge on any atom is -0.493 e. The highest BCUT2D eigenvalue weighted by atomic mass is 16.5. The summed E-state index contributed by atoms with van der Waals surface area (Å²) in [7, 11) is 4.66. The van der Waals surface area contributed by atoms with Crippen molar-refractivity contribution >= 4 is 11.6 Å². The second-order valence-electron chi connectivity index (χ2n) is 9.26. The summed E-state index contributed by atoms with van der Waals surface area (Å²) in [5.74, 6) is 1.27. The van der Waals surface area contributed by atoms with Crippen molar-refractivity contribution in [2.75, 3.05) is 26.2 Å². The SMILES string of the molecule is COc1cc(C(=O)N2c3ccccc3[C@@](C)(c3ccccc3)CC2(C)C)cc(OC)c1OC. The van der Waals surface area contributed by atoms with Crippen LogP contribution in [0.2, 0.25) is 0 Å². The van der Waals surface area contributed by atoms with Gasteiger partial charge in [0.05, 0.1) is 21.3 Å². The molecule has 0 aliphatic carbocycles. The number of methoxy groups -OCH3 is 3. The third kappa shape index (κ3) is 3.71. The third-order valence-corrected chi connectivity index (χ3v) is 6.66. The van der Waals surface area contributed by atoms with Crippen LogP contribution in [0.5, 0.6) is 17.2 Å². The highest BCUT2D eigenvalue weighted by molar-refractivity contribution is 6.08. The molecular weight excluding hydrogens is 414 g/mol. The Kier molecular flexibility index (Phi) is 5.83. The number of nitrogens with zero attached hydrogens (tertiary/aromatic N) is 1. The molecule has 0 bridgehead atoms. The summed E-state index contributed by atoms with van der Waals surface area (Å²) >= 11 is 0.